The van der Waals surface area contributed by atoms with Crippen LogP contribution in [-0.2, 0) is 52.8 Å². The Morgan fingerprint density at radius 3 is 1.45 bits per heavy atom. The van der Waals surface area contributed by atoms with Gasteiger partial charge < -0.3 is 54.8 Å². The van der Waals surface area contributed by atoms with Crippen LogP contribution in [0.4, 0.5) is 0 Å². The number of amides is 7. The molecule has 0 saturated heterocycles. The van der Waals surface area contributed by atoms with Gasteiger partial charge in [-0.3, -0.25) is 38.6 Å². The Labute approximate surface area is 349 Å². The molecule has 14 N–H and O–H groups in total. The molecule has 322 valence electrons. The number of hydrogen-bond donors (Lipinski definition) is 10. The summed E-state index contributed by atoms with van der Waals surface area (Å²) in [5.41, 5.74) is 24.1. The first kappa shape index (κ1) is 47.6. The van der Waals surface area contributed by atoms with Crippen molar-refractivity contribution in [1.29, 1.82) is 0 Å². The number of guanidine groups is 1. The Kier molecular flexibility index (Phi) is 19.7. The quantitative estimate of drug-likeness (QED) is 0.0281. The molecule has 3 aromatic rings. The van der Waals surface area contributed by atoms with Gasteiger partial charge in [-0.1, -0.05) is 105 Å². The number of rotatable bonds is 24. The number of primary amides is 1. The summed E-state index contributed by atoms with van der Waals surface area (Å²) in [5.74, 6) is -5.47. The lowest BCUT2D eigenvalue weighted by Gasteiger charge is -2.28. The van der Waals surface area contributed by atoms with Crippen molar-refractivity contribution in [2.75, 3.05) is 19.6 Å². The maximum atomic E-state index is 14.2. The maximum Gasteiger partial charge on any atom is 0.243 e. The van der Waals surface area contributed by atoms with Crippen molar-refractivity contribution in [1.82, 2.24) is 31.9 Å². The summed E-state index contributed by atoms with van der Waals surface area (Å²) in [6.45, 7) is 2.78. The summed E-state index contributed by atoms with van der Waals surface area (Å²) >= 11 is 0. The highest BCUT2D eigenvalue weighted by molar-refractivity contribution is 5.97. The van der Waals surface area contributed by atoms with Gasteiger partial charge in [0.15, 0.2) is 5.96 Å². The lowest BCUT2D eigenvalue weighted by atomic mass is 9.99. The summed E-state index contributed by atoms with van der Waals surface area (Å²) in [7, 11) is 0. The fraction of sp³-hybridized carbons (Fsp3) is 0.381. The van der Waals surface area contributed by atoms with Crippen LogP contribution < -0.4 is 54.8 Å². The summed E-state index contributed by atoms with van der Waals surface area (Å²) in [6.07, 6.45) is 0.466. The van der Waals surface area contributed by atoms with E-state index in [1.54, 1.807) is 98.8 Å². The molecule has 0 bridgehead atoms. The van der Waals surface area contributed by atoms with E-state index in [-0.39, 0.29) is 51.2 Å². The van der Waals surface area contributed by atoms with E-state index in [0.29, 0.717) is 11.1 Å². The molecule has 0 aliphatic carbocycles. The van der Waals surface area contributed by atoms with Crippen LogP contribution in [0.1, 0.15) is 43.4 Å². The minimum absolute atomic E-state index is 0.00135. The molecule has 3 aromatic carbocycles. The Morgan fingerprint density at radius 2 is 0.983 bits per heavy atom. The van der Waals surface area contributed by atoms with Gasteiger partial charge >= 0.3 is 0 Å². The number of nitrogens with two attached hydrogens (primary N) is 4. The van der Waals surface area contributed by atoms with E-state index < -0.39 is 84.0 Å². The smallest absolute Gasteiger partial charge is 0.243 e. The SMILES string of the molecule is CC(C)[C@H](NC(=O)[C@H](Cc1ccccc1)NC(=O)CNC(=O)CN)C(=O)N[C@@H](Cc1ccccc1)C(=O)N[C@@H](CCCN=C(N)N)C(=O)N[C@@H](Cc1ccccc1)C(N)=O. The molecule has 0 radical (unpaired) electrons. The van der Waals surface area contributed by atoms with Gasteiger partial charge in [-0.25, -0.2) is 0 Å². The van der Waals surface area contributed by atoms with Crippen LogP contribution in [0.5, 0.6) is 0 Å². The number of aliphatic imine (C=N–C) groups is 1. The van der Waals surface area contributed by atoms with Crippen LogP contribution in [0.25, 0.3) is 0 Å². The van der Waals surface area contributed by atoms with Crippen molar-refractivity contribution in [3.63, 3.8) is 0 Å². The number of nitrogens with zero attached hydrogens (tertiary/aromatic N) is 1. The highest BCUT2D eigenvalue weighted by Crippen LogP contribution is 2.11. The largest absolute Gasteiger partial charge is 0.370 e. The van der Waals surface area contributed by atoms with Crippen LogP contribution in [0.15, 0.2) is 96.0 Å². The molecule has 0 saturated carbocycles. The van der Waals surface area contributed by atoms with E-state index >= 15 is 0 Å². The summed E-state index contributed by atoms with van der Waals surface area (Å²) in [4.78, 5) is 96.8. The second-order valence-electron chi connectivity index (χ2n) is 14.4. The highest BCUT2D eigenvalue weighted by Gasteiger charge is 2.34. The first-order valence-corrected chi connectivity index (χ1v) is 19.6. The molecule has 7 amide bonds. The lowest BCUT2D eigenvalue weighted by Crippen LogP contribution is -2.60. The number of nitrogens with one attached hydrogen (secondary N) is 6. The third-order valence-corrected chi connectivity index (χ3v) is 9.25. The van der Waals surface area contributed by atoms with Gasteiger partial charge in [-0.15, -0.1) is 0 Å². The van der Waals surface area contributed by atoms with E-state index in [1.165, 1.54) is 0 Å². The first-order valence-electron chi connectivity index (χ1n) is 19.6. The molecule has 5 atom stereocenters. The zero-order valence-corrected chi connectivity index (χ0v) is 33.9. The van der Waals surface area contributed by atoms with E-state index in [9.17, 15) is 33.6 Å². The Balaban J connectivity index is 1.87. The molecule has 0 fully saturated rings. The third-order valence-electron chi connectivity index (χ3n) is 9.25. The predicted molar refractivity (Wildman–Crippen MR) is 226 cm³/mol. The molecular weight excluding hydrogens is 771 g/mol. The van der Waals surface area contributed by atoms with Gasteiger partial charge in [-0.05, 0) is 35.4 Å². The van der Waals surface area contributed by atoms with Gasteiger partial charge in [-0.2, -0.15) is 0 Å². The average molecular weight is 828 g/mol. The van der Waals surface area contributed by atoms with Crippen molar-refractivity contribution in [2.24, 2.45) is 33.8 Å². The molecule has 0 aliphatic rings. The zero-order chi connectivity index (χ0) is 44.0. The monoisotopic (exact) mass is 827 g/mol. The summed E-state index contributed by atoms with van der Waals surface area (Å²) in [5, 5.41) is 15.9. The van der Waals surface area contributed by atoms with Gasteiger partial charge in [0, 0.05) is 25.8 Å². The Morgan fingerprint density at radius 1 is 0.550 bits per heavy atom. The molecule has 0 spiro atoms. The molecule has 18 nitrogen and oxygen atoms in total. The van der Waals surface area contributed by atoms with Gasteiger partial charge in [0.05, 0.1) is 13.1 Å². The van der Waals surface area contributed by atoms with Gasteiger partial charge in [0.2, 0.25) is 41.4 Å². The van der Waals surface area contributed by atoms with Crippen LogP contribution in [-0.4, -0.2) is 97.2 Å². The number of benzene rings is 3. The van der Waals surface area contributed by atoms with Crippen LogP contribution in [0.3, 0.4) is 0 Å². The molecular formula is C42H57N11O7. The first-order chi connectivity index (χ1) is 28.7. The number of carbonyl (C=O) groups is 7. The fourth-order valence-electron chi connectivity index (χ4n) is 6.05. The molecule has 0 heterocycles. The number of hydrogen-bond acceptors (Lipinski definition) is 9. The Bertz CT molecular complexity index is 1910. The van der Waals surface area contributed by atoms with E-state index in [0.717, 1.165) is 5.56 Å². The summed E-state index contributed by atoms with van der Waals surface area (Å²) < 4.78 is 0. The highest BCUT2D eigenvalue weighted by atomic mass is 16.2. The molecule has 18 heteroatoms. The fourth-order valence-corrected chi connectivity index (χ4v) is 6.05. The van der Waals surface area contributed by atoms with Crippen molar-refractivity contribution < 1.29 is 33.6 Å². The minimum Gasteiger partial charge on any atom is -0.370 e. The molecule has 0 aromatic heterocycles. The lowest BCUT2D eigenvalue weighted by molar-refractivity contribution is -0.135. The molecule has 0 aliphatic heterocycles. The second kappa shape index (κ2) is 24.8. The molecule has 3 rings (SSSR count). The van der Waals surface area contributed by atoms with Crippen molar-refractivity contribution in [2.45, 2.75) is 76.2 Å². The van der Waals surface area contributed by atoms with E-state index in [2.05, 4.69) is 36.9 Å². The average Bonchev–Trinajstić information content (AvgIpc) is 3.22. The topological polar surface area (TPSA) is 308 Å². The van der Waals surface area contributed by atoms with Gasteiger partial charge in [0.25, 0.3) is 0 Å². The maximum absolute atomic E-state index is 14.2. The summed E-state index contributed by atoms with van der Waals surface area (Å²) in [6, 6.07) is 20.8. The Hall–Kier alpha value is -6.82. The van der Waals surface area contributed by atoms with Crippen LogP contribution in [0.2, 0.25) is 0 Å². The van der Waals surface area contributed by atoms with Crippen molar-refractivity contribution in [3.8, 4) is 0 Å². The van der Waals surface area contributed by atoms with Crippen LogP contribution >= 0.6 is 0 Å². The minimum atomic E-state index is -1.26. The third kappa shape index (κ3) is 17.0. The van der Waals surface area contributed by atoms with E-state index in [4.69, 9.17) is 22.9 Å². The van der Waals surface area contributed by atoms with Gasteiger partial charge in [0.1, 0.15) is 30.2 Å². The molecule has 60 heavy (non-hydrogen) atoms. The zero-order valence-electron chi connectivity index (χ0n) is 33.9. The standard InChI is InChI=1S/C42H57N11O7/c1-26(2)36(53-40(59)32(22-28-15-8-4-9-16-28)49-35(55)25-48-34(54)24-43)41(60)52-33(23-29-17-10-5-11-18-29)39(58)50-30(19-12-20-47-42(45)46)38(57)51-31(37(44)56)21-27-13-6-3-7-14-27/h3-11,13-18,26,30-33,36H,12,19-25,43H2,1-2H3,(H2,44,56)(H,48,54)(H,49,55)(H,50,58)(H,51,57)(H,52,60)(H,53,59)(H4,45,46,47)/t30-,31-,32-,33-,36-/m0/s1. The van der Waals surface area contributed by atoms with E-state index in [1.807, 2.05) is 6.07 Å². The van der Waals surface area contributed by atoms with Crippen LogP contribution in [0, 0.1) is 5.92 Å². The number of carbonyl (C=O) groups excluding carboxylic acids is 7. The normalized spacial score (nSPS) is 13.3. The van der Waals surface area contributed by atoms with Crippen molar-refractivity contribution in [3.05, 3.63) is 108 Å². The van der Waals surface area contributed by atoms with Crippen molar-refractivity contribution >= 4 is 47.3 Å². The molecule has 0 unspecified atom stereocenters. The predicted octanol–water partition coefficient (Wildman–Crippen LogP) is -1.59. The second-order valence-corrected chi connectivity index (χ2v) is 14.4.